The summed E-state index contributed by atoms with van der Waals surface area (Å²) in [5.74, 6) is 0.463. The average Bonchev–Trinajstić information content (AvgIpc) is 3.04. The van der Waals surface area contributed by atoms with Gasteiger partial charge in [0, 0.05) is 23.0 Å². The number of carbonyl (C=O) groups is 1. The second-order valence-corrected chi connectivity index (χ2v) is 5.88. The third-order valence-electron chi connectivity index (χ3n) is 3.19. The van der Waals surface area contributed by atoms with Crippen molar-refractivity contribution in [3.8, 4) is 11.3 Å². The molecule has 5 nitrogen and oxygen atoms in total. The molecule has 3 rings (SSSR count). The van der Waals surface area contributed by atoms with E-state index < -0.39 is 6.30 Å². The van der Waals surface area contributed by atoms with Gasteiger partial charge < -0.3 is 5.32 Å². The van der Waals surface area contributed by atoms with Crippen molar-refractivity contribution in [1.82, 2.24) is 9.97 Å². The summed E-state index contributed by atoms with van der Waals surface area (Å²) < 4.78 is 36.8. The van der Waals surface area contributed by atoms with E-state index in [1.165, 1.54) is 47.2 Å². The first-order valence-corrected chi connectivity index (χ1v) is 7.90. The van der Waals surface area contributed by atoms with Crippen LogP contribution < -0.4 is 10.6 Å². The molecule has 0 unspecified atom stereocenters. The van der Waals surface area contributed by atoms with Crippen molar-refractivity contribution in [2.75, 3.05) is 10.6 Å². The van der Waals surface area contributed by atoms with E-state index in [9.17, 15) is 18.0 Å². The van der Waals surface area contributed by atoms with Gasteiger partial charge in [-0.2, -0.15) is 13.2 Å². The normalized spacial score (nSPS) is 11.2. The summed E-state index contributed by atoms with van der Waals surface area (Å²) in [5, 5.41) is 6.21. The van der Waals surface area contributed by atoms with E-state index in [-0.39, 0.29) is 5.69 Å². The molecule has 0 spiro atoms. The molecule has 0 aliphatic heterocycles. The van der Waals surface area contributed by atoms with Crippen LogP contribution in [-0.4, -0.2) is 22.6 Å². The van der Waals surface area contributed by atoms with Gasteiger partial charge in [0.05, 0.1) is 10.6 Å². The molecule has 0 saturated carbocycles. The van der Waals surface area contributed by atoms with Crippen LogP contribution >= 0.6 is 11.3 Å². The minimum absolute atomic E-state index is 0.0599. The minimum Gasteiger partial charge on any atom is -0.340 e. The quantitative estimate of drug-likeness (QED) is 0.508. The Bertz CT molecular complexity index is 878. The lowest BCUT2D eigenvalue weighted by atomic mass is 10.2. The molecule has 0 aliphatic carbocycles. The molecular weight excluding hydrogens is 353 g/mol. The van der Waals surface area contributed by atoms with Crippen LogP contribution in [0, 0.1) is 0 Å². The molecule has 1 aromatic carbocycles. The zero-order chi connectivity index (χ0) is 17.9. The second kappa shape index (κ2) is 6.89. The van der Waals surface area contributed by atoms with E-state index in [0.29, 0.717) is 27.6 Å². The van der Waals surface area contributed by atoms with Gasteiger partial charge in [-0.1, -0.05) is 0 Å². The molecule has 0 saturated heterocycles. The Morgan fingerprint density at radius 2 is 1.76 bits per heavy atom. The van der Waals surface area contributed by atoms with Gasteiger partial charge in [0.25, 0.3) is 0 Å². The molecule has 0 atom stereocenters. The van der Waals surface area contributed by atoms with Crippen molar-refractivity contribution in [2.45, 2.75) is 6.30 Å². The Kier molecular flexibility index (Phi) is 4.66. The van der Waals surface area contributed by atoms with Crippen molar-refractivity contribution < 1.29 is 18.0 Å². The summed E-state index contributed by atoms with van der Waals surface area (Å²) in [7, 11) is 0. The standard InChI is InChI=1S/C16H11F3N4OS/c17-16(18,19)23-11-3-1-10(2-4-11)22-15-7-13(20-9-21-15)12-5-6-25-14(12)8-24/h1-9,23H,(H,20,21,22). The molecule has 2 aromatic heterocycles. The number of halogens is 3. The number of hydrogen-bond acceptors (Lipinski definition) is 6. The van der Waals surface area contributed by atoms with Gasteiger partial charge in [0.2, 0.25) is 0 Å². The van der Waals surface area contributed by atoms with E-state index in [4.69, 9.17) is 0 Å². The van der Waals surface area contributed by atoms with Crippen molar-refractivity contribution in [3.63, 3.8) is 0 Å². The molecule has 0 fully saturated rings. The molecule has 3 aromatic rings. The minimum atomic E-state index is -4.48. The van der Waals surface area contributed by atoms with Crippen LogP contribution in [0.5, 0.6) is 0 Å². The number of rotatable bonds is 5. The lowest BCUT2D eigenvalue weighted by molar-refractivity contribution is -0.0999. The highest BCUT2D eigenvalue weighted by molar-refractivity contribution is 7.12. The van der Waals surface area contributed by atoms with Gasteiger partial charge in [0.1, 0.15) is 12.1 Å². The van der Waals surface area contributed by atoms with Crippen LogP contribution in [0.1, 0.15) is 9.67 Å². The number of carbonyl (C=O) groups excluding carboxylic acids is 1. The Labute approximate surface area is 144 Å². The van der Waals surface area contributed by atoms with E-state index in [1.54, 1.807) is 17.5 Å². The maximum absolute atomic E-state index is 12.3. The Hall–Kier alpha value is -2.94. The second-order valence-electron chi connectivity index (χ2n) is 4.93. The molecule has 0 aliphatic rings. The Morgan fingerprint density at radius 3 is 2.44 bits per heavy atom. The first-order valence-electron chi connectivity index (χ1n) is 7.02. The van der Waals surface area contributed by atoms with Gasteiger partial charge in [-0.3, -0.25) is 10.1 Å². The highest BCUT2D eigenvalue weighted by Gasteiger charge is 2.26. The third kappa shape index (κ3) is 4.32. The largest absolute Gasteiger partial charge is 0.482 e. The van der Waals surface area contributed by atoms with Crippen molar-refractivity contribution >= 4 is 34.8 Å². The highest BCUT2D eigenvalue weighted by atomic mass is 32.1. The molecule has 2 N–H and O–H groups in total. The number of aldehydes is 1. The monoisotopic (exact) mass is 364 g/mol. The summed E-state index contributed by atoms with van der Waals surface area (Å²) >= 11 is 1.31. The average molecular weight is 364 g/mol. The first-order chi connectivity index (χ1) is 11.9. The fraction of sp³-hybridized carbons (Fsp3) is 0.0625. The molecule has 0 amide bonds. The SMILES string of the molecule is O=Cc1sccc1-c1cc(Nc2ccc(NC(F)(F)F)cc2)ncn1. The maximum Gasteiger partial charge on any atom is 0.482 e. The predicted octanol–water partition coefficient (Wildman–Crippen LogP) is 4.69. The van der Waals surface area contributed by atoms with E-state index in [1.807, 2.05) is 0 Å². The van der Waals surface area contributed by atoms with Crippen LogP contribution in [0.2, 0.25) is 0 Å². The van der Waals surface area contributed by atoms with Gasteiger partial charge in [0.15, 0.2) is 6.29 Å². The van der Waals surface area contributed by atoms with Crippen LogP contribution in [0.25, 0.3) is 11.3 Å². The number of anilines is 3. The molecule has 128 valence electrons. The fourth-order valence-corrected chi connectivity index (χ4v) is 2.85. The Morgan fingerprint density at radius 1 is 1.04 bits per heavy atom. The lowest BCUT2D eigenvalue weighted by Gasteiger charge is -2.11. The van der Waals surface area contributed by atoms with Crippen molar-refractivity contribution in [1.29, 1.82) is 0 Å². The van der Waals surface area contributed by atoms with Crippen molar-refractivity contribution in [2.24, 2.45) is 0 Å². The number of alkyl halides is 3. The summed E-state index contributed by atoms with van der Waals surface area (Å²) in [6, 6.07) is 9.06. The number of hydrogen-bond donors (Lipinski definition) is 2. The van der Waals surface area contributed by atoms with Gasteiger partial charge >= 0.3 is 6.30 Å². The smallest absolute Gasteiger partial charge is 0.340 e. The number of thiophene rings is 1. The topological polar surface area (TPSA) is 66.9 Å². The number of nitrogens with zero attached hydrogens (tertiary/aromatic N) is 2. The van der Waals surface area contributed by atoms with Crippen LogP contribution in [0.3, 0.4) is 0 Å². The molecule has 0 radical (unpaired) electrons. The molecule has 2 heterocycles. The maximum atomic E-state index is 12.3. The van der Waals surface area contributed by atoms with E-state index in [0.717, 1.165) is 6.29 Å². The third-order valence-corrected chi connectivity index (χ3v) is 4.03. The van der Waals surface area contributed by atoms with Crippen LogP contribution in [-0.2, 0) is 0 Å². The fourth-order valence-electron chi connectivity index (χ4n) is 2.15. The first kappa shape index (κ1) is 16.9. The molecule has 9 heteroatoms. The predicted molar refractivity (Wildman–Crippen MR) is 90.1 cm³/mol. The number of nitrogens with one attached hydrogen (secondary N) is 2. The number of aromatic nitrogens is 2. The summed E-state index contributed by atoms with van der Waals surface area (Å²) in [6.45, 7) is 0. The Balaban J connectivity index is 1.77. The van der Waals surface area contributed by atoms with Crippen LogP contribution in [0.15, 0.2) is 48.1 Å². The van der Waals surface area contributed by atoms with E-state index in [2.05, 4.69) is 15.3 Å². The van der Waals surface area contributed by atoms with E-state index >= 15 is 0 Å². The molecular formula is C16H11F3N4OS. The van der Waals surface area contributed by atoms with Gasteiger partial charge in [-0.25, -0.2) is 9.97 Å². The summed E-state index contributed by atoms with van der Waals surface area (Å²) in [6.07, 6.45) is -2.36. The molecule has 0 bridgehead atoms. The van der Waals surface area contributed by atoms with Crippen molar-refractivity contribution in [3.05, 3.63) is 53.0 Å². The summed E-state index contributed by atoms with van der Waals surface area (Å²) in [4.78, 5) is 19.8. The highest BCUT2D eigenvalue weighted by Crippen LogP contribution is 2.27. The van der Waals surface area contributed by atoms with Gasteiger partial charge in [-0.15, -0.1) is 11.3 Å². The molecule has 25 heavy (non-hydrogen) atoms. The van der Waals surface area contributed by atoms with Crippen LogP contribution in [0.4, 0.5) is 30.4 Å². The number of benzene rings is 1. The zero-order valence-corrected chi connectivity index (χ0v) is 13.4. The lowest BCUT2D eigenvalue weighted by Crippen LogP contribution is -2.20. The zero-order valence-electron chi connectivity index (χ0n) is 12.5. The van der Waals surface area contributed by atoms with Gasteiger partial charge in [-0.05, 0) is 35.7 Å². The summed E-state index contributed by atoms with van der Waals surface area (Å²) in [5.41, 5.74) is 1.79.